The highest BCUT2D eigenvalue weighted by Crippen LogP contribution is 2.16. The lowest BCUT2D eigenvalue weighted by Gasteiger charge is -2.11. The number of hydrogen-bond acceptors (Lipinski definition) is 1. The molecule has 0 aliphatic heterocycles. The fourth-order valence-electron chi connectivity index (χ4n) is 1.96. The van der Waals surface area contributed by atoms with Crippen molar-refractivity contribution in [2.24, 2.45) is 0 Å². The Morgan fingerprint density at radius 2 is 1.84 bits per heavy atom. The monoisotopic (exact) mass is 282 g/mol. The molecular weight excluding hydrogens is 270 g/mol. The third-order valence-corrected chi connectivity index (χ3v) is 3.06. The molecule has 1 unspecified atom stereocenters. The molecule has 1 nitrogen and oxygen atoms in total. The summed E-state index contributed by atoms with van der Waals surface area (Å²) in [6.45, 7) is 0. The Kier molecular flexibility index (Phi) is 4.51. The largest absolute Gasteiger partial charge is 0.392 e. The van der Waals surface area contributed by atoms with Crippen LogP contribution < -0.4 is 0 Å². The summed E-state index contributed by atoms with van der Waals surface area (Å²) < 4.78 is 26.4. The first-order valence-corrected chi connectivity index (χ1v) is 6.29. The van der Waals surface area contributed by atoms with E-state index in [9.17, 15) is 13.9 Å². The molecule has 2 rings (SSSR count). The molecule has 0 aromatic heterocycles. The van der Waals surface area contributed by atoms with Crippen molar-refractivity contribution in [2.45, 2.75) is 18.9 Å². The van der Waals surface area contributed by atoms with Crippen LogP contribution in [0.4, 0.5) is 8.78 Å². The lowest BCUT2D eigenvalue weighted by molar-refractivity contribution is 0.174. The first kappa shape index (κ1) is 14.0. The van der Waals surface area contributed by atoms with E-state index in [0.29, 0.717) is 11.4 Å². The second kappa shape index (κ2) is 6.13. The molecule has 0 heterocycles. The van der Waals surface area contributed by atoms with Crippen molar-refractivity contribution in [1.29, 1.82) is 0 Å². The maximum atomic E-state index is 13.4. The van der Waals surface area contributed by atoms with Crippen molar-refractivity contribution >= 4 is 11.6 Å². The van der Waals surface area contributed by atoms with Gasteiger partial charge < -0.3 is 5.11 Å². The molecule has 1 N–H and O–H groups in total. The van der Waals surface area contributed by atoms with Crippen LogP contribution in [0.15, 0.2) is 42.5 Å². The molecule has 0 bridgehead atoms. The van der Waals surface area contributed by atoms with Crippen LogP contribution in [0.1, 0.15) is 11.1 Å². The average Bonchev–Trinajstić information content (AvgIpc) is 2.34. The van der Waals surface area contributed by atoms with E-state index >= 15 is 0 Å². The minimum atomic E-state index is -0.783. The molecule has 0 amide bonds. The topological polar surface area (TPSA) is 20.2 Å². The smallest absolute Gasteiger partial charge is 0.126 e. The maximum Gasteiger partial charge on any atom is 0.126 e. The molecule has 0 aliphatic rings. The Morgan fingerprint density at radius 1 is 1.05 bits per heavy atom. The highest BCUT2D eigenvalue weighted by atomic mass is 35.5. The molecule has 100 valence electrons. The second-order valence-corrected chi connectivity index (χ2v) is 4.86. The van der Waals surface area contributed by atoms with Crippen LogP contribution in [0, 0.1) is 11.6 Å². The Labute approximate surface area is 115 Å². The predicted octanol–water partition coefficient (Wildman–Crippen LogP) is 3.76. The molecule has 2 aromatic rings. The number of aliphatic hydroxyl groups is 1. The normalized spacial score (nSPS) is 12.4. The van der Waals surface area contributed by atoms with Crippen LogP contribution in [0.2, 0.25) is 5.02 Å². The van der Waals surface area contributed by atoms with E-state index in [1.165, 1.54) is 0 Å². The third kappa shape index (κ3) is 4.01. The van der Waals surface area contributed by atoms with E-state index in [-0.39, 0.29) is 12.0 Å². The van der Waals surface area contributed by atoms with Gasteiger partial charge in [-0.15, -0.1) is 0 Å². The van der Waals surface area contributed by atoms with Gasteiger partial charge in [-0.1, -0.05) is 23.7 Å². The van der Waals surface area contributed by atoms with Crippen molar-refractivity contribution in [3.05, 3.63) is 70.2 Å². The van der Waals surface area contributed by atoms with Gasteiger partial charge in [-0.2, -0.15) is 0 Å². The Morgan fingerprint density at radius 3 is 2.58 bits per heavy atom. The van der Waals surface area contributed by atoms with E-state index < -0.39 is 17.7 Å². The van der Waals surface area contributed by atoms with Crippen LogP contribution in [0.25, 0.3) is 0 Å². The molecule has 1 atom stereocenters. The van der Waals surface area contributed by atoms with Gasteiger partial charge in [-0.05, 0) is 47.9 Å². The van der Waals surface area contributed by atoms with Gasteiger partial charge in [-0.3, -0.25) is 0 Å². The lowest BCUT2D eigenvalue weighted by Crippen LogP contribution is -2.15. The first-order chi connectivity index (χ1) is 9.04. The van der Waals surface area contributed by atoms with E-state index in [2.05, 4.69) is 0 Å². The summed E-state index contributed by atoms with van der Waals surface area (Å²) in [5, 5.41) is 10.5. The minimum absolute atomic E-state index is 0.0656. The van der Waals surface area contributed by atoms with Gasteiger partial charge in [0.1, 0.15) is 11.6 Å². The molecule has 0 aliphatic carbocycles. The number of aliphatic hydroxyl groups excluding tert-OH is 1. The van der Waals surface area contributed by atoms with Crippen molar-refractivity contribution < 1.29 is 13.9 Å². The van der Waals surface area contributed by atoms with Crippen LogP contribution >= 0.6 is 11.6 Å². The quantitative estimate of drug-likeness (QED) is 0.905. The van der Waals surface area contributed by atoms with Crippen LogP contribution in [-0.2, 0) is 12.8 Å². The van der Waals surface area contributed by atoms with Gasteiger partial charge >= 0.3 is 0 Å². The minimum Gasteiger partial charge on any atom is -0.392 e. The van der Waals surface area contributed by atoms with Gasteiger partial charge in [0.25, 0.3) is 0 Å². The van der Waals surface area contributed by atoms with Crippen molar-refractivity contribution in [2.75, 3.05) is 0 Å². The molecule has 4 heteroatoms. The fourth-order valence-corrected chi connectivity index (χ4v) is 2.17. The molecule has 0 saturated carbocycles. The predicted molar refractivity (Wildman–Crippen MR) is 71.2 cm³/mol. The van der Waals surface area contributed by atoms with Crippen LogP contribution in [-0.4, -0.2) is 11.2 Å². The molecular formula is C15H13ClF2O. The molecule has 0 fully saturated rings. The highest BCUT2D eigenvalue weighted by Gasteiger charge is 2.11. The van der Waals surface area contributed by atoms with Crippen LogP contribution in [0.5, 0.6) is 0 Å². The summed E-state index contributed by atoms with van der Waals surface area (Å²) in [7, 11) is 0. The van der Waals surface area contributed by atoms with Crippen molar-refractivity contribution in [3.8, 4) is 0 Å². The van der Waals surface area contributed by atoms with E-state index in [1.807, 2.05) is 6.07 Å². The van der Waals surface area contributed by atoms with Gasteiger partial charge in [0.05, 0.1) is 6.10 Å². The number of benzene rings is 2. The molecule has 19 heavy (non-hydrogen) atoms. The summed E-state index contributed by atoms with van der Waals surface area (Å²) in [5.41, 5.74) is 1.03. The zero-order valence-corrected chi connectivity index (χ0v) is 10.9. The van der Waals surface area contributed by atoms with Gasteiger partial charge in [0.2, 0.25) is 0 Å². The zero-order valence-electron chi connectivity index (χ0n) is 10.1. The maximum absolute atomic E-state index is 13.4. The van der Waals surface area contributed by atoms with E-state index in [0.717, 1.165) is 23.8 Å². The molecule has 0 saturated heterocycles. The Hall–Kier alpha value is -1.45. The molecule has 0 spiro atoms. The van der Waals surface area contributed by atoms with Crippen molar-refractivity contribution in [1.82, 2.24) is 0 Å². The summed E-state index contributed by atoms with van der Waals surface area (Å²) >= 11 is 5.84. The van der Waals surface area contributed by atoms with Gasteiger partial charge in [-0.25, -0.2) is 8.78 Å². The Balaban J connectivity index is 2.05. The van der Waals surface area contributed by atoms with Gasteiger partial charge in [0.15, 0.2) is 0 Å². The average molecular weight is 283 g/mol. The van der Waals surface area contributed by atoms with Crippen molar-refractivity contribution in [3.63, 3.8) is 0 Å². The highest BCUT2D eigenvalue weighted by molar-refractivity contribution is 6.30. The number of rotatable bonds is 4. The standard InChI is InChI=1S/C15H13ClF2O/c16-12-3-1-2-10(6-12)7-14(19)9-11-8-13(17)4-5-15(11)18/h1-6,8,14,19H,7,9H2. The molecule has 2 aromatic carbocycles. The SMILES string of the molecule is OC(Cc1cccc(Cl)c1)Cc1cc(F)ccc1F. The van der Waals surface area contributed by atoms with Crippen LogP contribution in [0.3, 0.4) is 0 Å². The second-order valence-electron chi connectivity index (χ2n) is 4.43. The number of halogens is 3. The summed E-state index contributed by atoms with van der Waals surface area (Å²) in [4.78, 5) is 0. The summed E-state index contributed by atoms with van der Waals surface area (Å²) in [5.74, 6) is -1.02. The van der Waals surface area contributed by atoms with E-state index in [1.54, 1.807) is 18.2 Å². The number of hydrogen-bond donors (Lipinski definition) is 1. The summed E-state index contributed by atoms with van der Waals surface area (Å²) in [6.07, 6.45) is -0.373. The molecule has 0 radical (unpaired) electrons. The lowest BCUT2D eigenvalue weighted by atomic mass is 10.0. The summed E-state index contributed by atoms with van der Waals surface area (Å²) in [6, 6.07) is 10.3. The van der Waals surface area contributed by atoms with E-state index in [4.69, 9.17) is 11.6 Å². The Bertz CT molecular complexity index is 572. The van der Waals surface area contributed by atoms with Gasteiger partial charge in [0, 0.05) is 11.4 Å². The zero-order chi connectivity index (χ0) is 13.8. The first-order valence-electron chi connectivity index (χ1n) is 5.91. The fraction of sp³-hybridized carbons (Fsp3) is 0.200. The third-order valence-electron chi connectivity index (χ3n) is 2.82.